The van der Waals surface area contributed by atoms with E-state index in [1.165, 1.54) is 25.8 Å². The molecule has 0 aromatic carbocycles. The quantitative estimate of drug-likeness (QED) is 0.753. The van der Waals surface area contributed by atoms with Gasteiger partial charge in [-0.3, -0.25) is 9.59 Å². The summed E-state index contributed by atoms with van der Waals surface area (Å²) in [6.45, 7) is 4.31. The van der Waals surface area contributed by atoms with E-state index in [9.17, 15) is 14.4 Å². The zero-order valence-electron chi connectivity index (χ0n) is 11.6. The van der Waals surface area contributed by atoms with E-state index < -0.39 is 11.9 Å². The molecule has 106 valence electrons. The Morgan fingerprint density at radius 2 is 1.63 bits per heavy atom. The number of hydrogen-bond donors (Lipinski definition) is 1. The van der Waals surface area contributed by atoms with Crippen molar-refractivity contribution in [3.05, 3.63) is 11.1 Å². The van der Waals surface area contributed by atoms with Crippen LogP contribution in [0, 0.1) is 0 Å². The van der Waals surface area contributed by atoms with Crippen LogP contribution in [0.2, 0.25) is 0 Å². The molecule has 0 unspecified atom stereocenters. The fourth-order valence-corrected chi connectivity index (χ4v) is 1.95. The maximum absolute atomic E-state index is 12.0. The third-order valence-electron chi connectivity index (χ3n) is 3.38. The maximum Gasteiger partial charge on any atom is 0.331 e. The molecule has 0 spiro atoms. The first-order chi connectivity index (χ1) is 8.84. The van der Waals surface area contributed by atoms with Crippen molar-refractivity contribution in [3.8, 4) is 0 Å². The van der Waals surface area contributed by atoms with E-state index in [1.807, 2.05) is 0 Å². The van der Waals surface area contributed by atoms with E-state index in [0.29, 0.717) is 0 Å². The van der Waals surface area contributed by atoms with Crippen molar-refractivity contribution in [2.45, 2.75) is 26.7 Å². The fraction of sp³-hybridized carbons (Fsp3) is 0.615. The summed E-state index contributed by atoms with van der Waals surface area (Å²) in [4.78, 5) is 37.7. The van der Waals surface area contributed by atoms with E-state index in [2.05, 4.69) is 0 Å². The Morgan fingerprint density at radius 3 is 2.11 bits per heavy atom. The second kappa shape index (κ2) is 6.36. The number of nitrogens with zero attached hydrogens (tertiary/aromatic N) is 2. The van der Waals surface area contributed by atoms with Crippen molar-refractivity contribution in [2.75, 3.05) is 26.7 Å². The molecule has 19 heavy (non-hydrogen) atoms. The molecular formula is C13H20N2O4. The van der Waals surface area contributed by atoms with Gasteiger partial charge in [-0.1, -0.05) is 0 Å². The zero-order valence-corrected chi connectivity index (χ0v) is 11.6. The first-order valence-corrected chi connectivity index (χ1v) is 6.28. The second-order valence-electron chi connectivity index (χ2n) is 4.80. The van der Waals surface area contributed by atoms with Gasteiger partial charge in [-0.15, -0.1) is 0 Å². The molecule has 0 aromatic rings. The molecule has 0 saturated carbocycles. The lowest BCUT2D eigenvalue weighted by Crippen LogP contribution is -2.40. The Labute approximate surface area is 112 Å². The number of carboxylic acids is 1. The van der Waals surface area contributed by atoms with Crippen molar-refractivity contribution in [3.63, 3.8) is 0 Å². The number of rotatable bonds is 4. The summed E-state index contributed by atoms with van der Waals surface area (Å²) in [5, 5.41) is 8.83. The highest BCUT2D eigenvalue weighted by Gasteiger charge is 2.22. The SMILES string of the molecule is C/C(C(=O)O)=C(\C)C(=O)N(C)CC(=O)N1CCCC1. The van der Waals surface area contributed by atoms with Gasteiger partial charge in [-0.25, -0.2) is 4.79 Å². The monoisotopic (exact) mass is 268 g/mol. The van der Waals surface area contributed by atoms with Crippen molar-refractivity contribution in [2.24, 2.45) is 0 Å². The molecule has 1 heterocycles. The highest BCUT2D eigenvalue weighted by atomic mass is 16.4. The van der Waals surface area contributed by atoms with Gasteiger partial charge >= 0.3 is 5.97 Å². The minimum Gasteiger partial charge on any atom is -0.478 e. The van der Waals surface area contributed by atoms with Crippen LogP contribution >= 0.6 is 0 Å². The first kappa shape index (κ1) is 15.2. The summed E-state index contributed by atoms with van der Waals surface area (Å²) in [7, 11) is 1.51. The van der Waals surface area contributed by atoms with Gasteiger partial charge in [0.25, 0.3) is 0 Å². The van der Waals surface area contributed by atoms with Crippen LogP contribution in [0.25, 0.3) is 0 Å². The number of carbonyl (C=O) groups is 3. The van der Waals surface area contributed by atoms with Crippen molar-refractivity contribution >= 4 is 17.8 Å². The van der Waals surface area contributed by atoms with Crippen molar-refractivity contribution in [1.29, 1.82) is 0 Å². The Morgan fingerprint density at radius 1 is 1.11 bits per heavy atom. The maximum atomic E-state index is 12.0. The molecule has 6 nitrogen and oxygen atoms in total. The van der Waals surface area contributed by atoms with Gasteiger partial charge in [0.1, 0.15) is 0 Å². The summed E-state index contributed by atoms with van der Waals surface area (Å²) in [5.41, 5.74) is 0.162. The summed E-state index contributed by atoms with van der Waals surface area (Å²) >= 11 is 0. The Bertz CT molecular complexity index is 422. The molecule has 1 rings (SSSR count). The lowest BCUT2D eigenvalue weighted by atomic mass is 10.1. The van der Waals surface area contributed by atoms with Crippen LogP contribution in [0.1, 0.15) is 26.7 Å². The van der Waals surface area contributed by atoms with Gasteiger partial charge in [-0.05, 0) is 26.7 Å². The molecule has 1 aliphatic rings. The smallest absolute Gasteiger partial charge is 0.331 e. The van der Waals surface area contributed by atoms with E-state index in [0.717, 1.165) is 25.9 Å². The fourth-order valence-electron chi connectivity index (χ4n) is 1.95. The van der Waals surface area contributed by atoms with Crippen LogP contribution in [0.3, 0.4) is 0 Å². The highest BCUT2D eigenvalue weighted by Crippen LogP contribution is 2.10. The molecule has 1 fully saturated rings. The molecule has 1 aliphatic heterocycles. The predicted octanol–water partition coefficient (Wildman–Crippen LogP) is 0.488. The lowest BCUT2D eigenvalue weighted by Gasteiger charge is -2.21. The molecular weight excluding hydrogens is 248 g/mol. The molecule has 6 heteroatoms. The van der Waals surface area contributed by atoms with Gasteiger partial charge in [0, 0.05) is 31.3 Å². The average Bonchev–Trinajstić information content (AvgIpc) is 2.89. The Balaban J connectivity index is 2.64. The summed E-state index contributed by atoms with van der Waals surface area (Å²) in [5.74, 6) is -1.63. The van der Waals surface area contributed by atoms with Crippen LogP contribution in [0.5, 0.6) is 0 Å². The highest BCUT2D eigenvalue weighted by molar-refractivity contribution is 6.02. The van der Waals surface area contributed by atoms with Gasteiger partial charge in [0.15, 0.2) is 0 Å². The Kier molecular flexibility index (Phi) is 5.09. The lowest BCUT2D eigenvalue weighted by molar-refractivity contribution is -0.137. The van der Waals surface area contributed by atoms with Gasteiger partial charge in [0.2, 0.25) is 11.8 Å². The van der Waals surface area contributed by atoms with Crippen LogP contribution in [0.15, 0.2) is 11.1 Å². The summed E-state index contributed by atoms with van der Waals surface area (Å²) < 4.78 is 0. The van der Waals surface area contributed by atoms with Crippen molar-refractivity contribution in [1.82, 2.24) is 9.80 Å². The number of hydrogen-bond acceptors (Lipinski definition) is 3. The summed E-state index contributed by atoms with van der Waals surface area (Å²) in [6, 6.07) is 0. The third-order valence-corrected chi connectivity index (χ3v) is 3.38. The van der Waals surface area contributed by atoms with Crippen molar-refractivity contribution < 1.29 is 19.5 Å². The second-order valence-corrected chi connectivity index (χ2v) is 4.80. The first-order valence-electron chi connectivity index (χ1n) is 6.28. The van der Waals surface area contributed by atoms with Gasteiger partial charge in [0.05, 0.1) is 6.54 Å². The molecule has 0 aliphatic carbocycles. The molecule has 1 N–H and O–H groups in total. The third kappa shape index (κ3) is 3.81. The van der Waals surface area contributed by atoms with Crippen LogP contribution in [-0.4, -0.2) is 59.4 Å². The molecule has 2 amide bonds. The average molecular weight is 268 g/mol. The van der Waals surface area contributed by atoms with Crippen LogP contribution < -0.4 is 0 Å². The number of likely N-dealkylation sites (tertiary alicyclic amines) is 1. The number of aliphatic carboxylic acids is 1. The Hall–Kier alpha value is -1.85. The van der Waals surface area contributed by atoms with E-state index in [-0.39, 0.29) is 23.6 Å². The number of amides is 2. The number of likely N-dealkylation sites (N-methyl/N-ethyl adjacent to an activating group) is 1. The molecule has 1 saturated heterocycles. The van der Waals surface area contributed by atoms with Gasteiger partial charge in [-0.2, -0.15) is 0 Å². The minimum atomic E-state index is -1.12. The van der Waals surface area contributed by atoms with E-state index in [4.69, 9.17) is 5.11 Å². The summed E-state index contributed by atoms with van der Waals surface area (Å²) in [6.07, 6.45) is 2.00. The van der Waals surface area contributed by atoms with E-state index in [1.54, 1.807) is 4.90 Å². The zero-order chi connectivity index (χ0) is 14.6. The topological polar surface area (TPSA) is 77.9 Å². The molecule has 0 bridgehead atoms. The molecule has 0 radical (unpaired) electrons. The normalized spacial score (nSPS) is 16.1. The van der Waals surface area contributed by atoms with E-state index >= 15 is 0 Å². The number of carboxylic acid groups (broad SMARTS) is 1. The number of carbonyl (C=O) groups excluding carboxylic acids is 2. The standard InChI is InChI=1S/C13H20N2O4/c1-9(10(2)13(18)19)12(17)14(3)8-11(16)15-6-4-5-7-15/h4-8H2,1-3H3,(H,18,19)/b10-9-. The van der Waals surface area contributed by atoms with Gasteiger partial charge < -0.3 is 14.9 Å². The molecule has 0 aromatic heterocycles. The minimum absolute atomic E-state index is 0.00507. The largest absolute Gasteiger partial charge is 0.478 e. The molecule has 0 atom stereocenters. The predicted molar refractivity (Wildman–Crippen MR) is 69.5 cm³/mol. The van der Waals surface area contributed by atoms with Crippen LogP contribution in [-0.2, 0) is 14.4 Å². The van der Waals surface area contributed by atoms with Crippen LogP contribution in [0.4, 0.5) is 0 Å².